The molecule has 3 N–H and O–H groups in total. The van der Waals surface area contributed by atoms with Crippen LogP contribution >= 0.6 is 0 Å². The molecule has 1 aliphatic carbocycles. The topological polar surface area (TPSA) is 170 Å². The normalized spacial score (nSPS) is 47.2. The Morgan fingerprint density at radius 3 is 2.35 bits per heavy atom. The van der Waals surface area contributed by atoms with E-state index in [2.05, 4.69) is 40.7 Å². The second-order valence-corrected chi connectivity index (χ2v) is 19.4. The van der Waals surface area contributed by atoms with Crippen LogP contribution in [-0.4, -0.2) is 139 Å². The lowest BCUT2D eigenvalue weighted by molar-refractivity contribution is -0.340. The van der Waals surface area contributed by atoms with Crippen LogP contribution in [-0.2, 0) is 52.2 Å². The quantitative estimate of drug-likeness (QED) is 0.204. The maximum Gasteiger partial charge on any atom is 0.316 e. The van der Waals surface area contributed by atoms with Crippen LogP contribution in [0, 0.1) is 23.7 Å². The molecule has 5 fully saturated rings. The van der Waals surface area contributed by atoms with E-state index in [-0.39, 0.29) is 30.8 Å². The van der Waals surface area contributed by atoms with Crippen molar-refractivity contribution in [3.05, 3.63) is 47.1 Å². The van der Waals surface area contributed by atoms with E-state index in [1.165, 1.54) is 0 Å². The Labute approximate surface area is 368 Å². The lowest BCUT2D eigenvalue weighted by Gasteiger charge is -2.51. The zero-order valence-electron chi connectivity index (χ0n) is 38.5. The SMILES string of the molecule is CCC(C)C1O[C@]2(CCC1C)CC1CC(CC=C(C)C(OC3CC(OC)C(OC4CC(OC)C(O)C(C)O4)C(C)O3)C(C)C=CC=C3COC4C(O)C(C)=CC(C(=O)O1)[C@]34O)O2. The van der Waals surface area contributed by atoms with Crippen LogP contribution < -0.4 is 0 Å². The number of fused-ring (bicyclic) bond motifs is 2. The molecule has 0 amide bonds. The molecule has 14 heteroatoms. The Morgan fingerprint density at radius 1 is 0.919 bits per heavy atom. The van der Waals surface area contributed by atoms with Crippen molar-refractivity contribution in [2.45, 2.75) is 204 Å². The number of hydrogen-bond acceptors (Lipinski definition) is 14. The fourth-order valence-electron chi connectivity index (χ4n) is 11.0. The predicted octanol–water partition coefficient (Wildman–Crippen LogP) is 5.60. The number of carbonyl (C=O) groups is 1. The number of allylic oxidation sites excluding steroid dienone is 2. The van der Waals surface area contributed by atoms with Crippen molar-refractivity contribution < 1.29 is 67.5 Å². The third-order valence-electron chi connectivity index (χ3n) is 14.9. The Kier molecular flexibility index (Phi) is 15.3. The van der Waals surface area contributed by atoms with Gasteiger partial charge in [-0.15, -0.1) is 0 Å². The first-order chi connectivity index (χ1) is 29.5. The van der Waals surface area contributed by atoms with E-state index in [0.29, 0.717) is 61.5 Å². The Morgan fingerprint density at radius 2 is 1.63 bits per heavy atom. The highest BCUT2D eigenvalue weighted by Crippen LogP contribution is 2.48. The first-order valence-corrected chi connectivity index (χ1v) is 23.2. The Hall–Kier alpha value is -2.05. The van der Waals surface area contributed by atoms with E-state index in [0.717, 1.165) is 18.4 Å². The van der Waals surface area contributed by atoms with Crippen LogP contribution in [0.3, 0.4) is 0 Å². The third kappa shape index (κ3) is 9.73. The Bertz CT molecular complexity index is 1680. The van der Waals surface area contributed by atoms with Gasteiger partial charge in [0.1, 0.15) is 42.0 Å². The summed E-state index contributed by atoms with van der Waals surface area (Å²) in [6.07, 6.45) is 6.53. The number of aliphatic hydroxyl groups excluding tert-OH is 2. The van der Waals surface area contributed by atoms with Crippen LogP contribution in [0.1, 0.15) is 107 Å². The molecular formula is C48H74O14. The number of carbonyl (C=O) groups excluding carboxylic acids is 1. The molecule has 0 radical (unpaired) electrons. The fourth-order valence-corrected chi connectivity index (χ4v) is 11.0. The van der Waals surface area contributed by atoms with Gasteiger partial charge < -0.3 is 62.7 Å². The van der Waals surface area contributed by atoms with E-state index in [4.69, 9.17) is 47.4 Å². The molecule has 7 aliphatic rings. The number of aliphatic hydroxyl groups is 3. The molecule has 0 aromatic rings. The molecule has 0 aromatic carbocycles. The highest BCUT2D eigenvalue weighted by Gasteiger charge is 2.60. The lowest BCUT2D eigenvalue weighted by atomic mass is 9.71. The molecule has 0 saturated carbocycles. The maximum atomic E-state index is 14.4. The van der Waals surface area contributed by atoms with E-state index < -0.39 is 90.8 Å². The highest BCUT2D eigenvalue weighted by molar-refractivity contribution is 5.78. The van der Waals surface area contributed by atoms with Crippen LogP contribution in [0.5, 0.6) is 0 Å². The van der Waals surface area contributed by atoms with Crippen molar-refractivity contribution in [3.63, 3.8) is 0 Å². The van der Waals surface area contributed by atoms with Crippen molar-refractivity contribution in [1.82, 2.24) is 0 Å². The van der Waals surface area contributed by atoms with Gasteiger partial charge >= 0.3 is 5.97 Å². The van der Waals surface area contributed by atoms with Crippen molar-refractivity contribution in [2.75, 3.05) is 20.8 Å². The lowest BCUT2D eigenvalue weighted by Crippen LogP contribution is -2.58. The summed E-state index contributed by atoms with van der Waals surface area (Å²) in [6, 6.07) is 0. The molecule has 20 atom stereocenters. The van der Waals surface area contributed by atoms with Gasteiger partial charge in [-0.2, -0.15) is 0 Å². The zero-order chi connectivity index (χ0) is 44.7. The molecule has 5 saturated heterocycles. The van der Waals surface area contributed by atoms with Crippen molar-refractivity contribution in [1.29, 1.82) is 0 Å². The van der Waals surface area contributed by atoms with Crippen LogP contribution in [0.15, 0.2) is 47.1 Å². The molecule has 6 aliphatic heterocycles. The number of esters is 1. The molecule has 2 bridgehead atoms. The summed E-state index contributed by atoms with van der Waals surface area (Å²) in [5.74, 6) is -2.10. The van der Waals surface area contributed by atoms with Gasteiger partial charge in [0, 0.05) is 52.2 Å². The average Bonchev–Trinajstić information content (AvgIpc) is 3.58. The molecule has 6 heterocycles. The molecule has 1 spiro atoms. The minimum Gasteiger partial charge on any atom is -0.462 e. The summed E-state index contributed by atoms with van der Waals surface area (Å²) in [7, 11) is 3.23. The largest absolute Gasteiger partial charge is 0.462 e. The summed E-state index contributed by atoms with van der Waals surface area (Å²) in [4.78, 5) is 14.4. The van der Waals surface area contributed by atoms with Crippen LogP contribution in [0.25, 0.3) is 0 Å². The van der Waals surface area contributed by atoms with Gasteiger partial charge in [0.15, 0.2) is 18.4 Å². The first-order valence-electron chi connectivity index (χ1n) is 23.2. The number of rotatable bonds is 8. The molecule has 0 aromatic heterocycles. The summed E-state index contributed by atoms with van der Waals surface area (Å²) < 4.78 is 63.9. The van der Waals surface area contributed by atoms with E-state index in [1.54, 1.807) is 40.2 Å². The van der Waals surface area contributed by atoms with Crippen LogP contribution in [0.2, 0.25) is 0 Å². The fraction of sp³-hybridized carbons (Fsp3) is 0.812. The molecular weight excluding hydrogens is 801 g/mol. The van der Waals surface area contributed by atoms with E-state index in [9.17, 15) is 20.1 Å². The van der Waals surface area contributed by atoms with Gasteiger partial charge in [-0.1, -0.05) is 64.5 Å². The standard InChI is InChI=1S/C48H74O14/c1-11-25(2)43-28(5)17-18-47(62-43)23-34-20-33(61-47)16-15-27(4)42(26(3)13-12-14-32-24-55-45-40(49)29(6)19-35(46(51)58-34)48(32,45)52)59-39-22-37(54-10)44(31(8)57-39)60-38-21-36(53-9)41(50)30(7)56-38/h12-15,19,25-26,28,30-31,33-45,49-50,52H,11,16-18,20-24H2,1-10H3/t25?,26?,28?,30?,31?,33?,34?,35?,36?,37?,38?,39?,40?,41?,42?,43?,44?,45?,47-,48-/m1/s1. The maximum absolute atomic E-state index is 14.4. The summed E-state index contributed by atoms with van der Waals surface area (Å²) in [6.45, 7) is 16.3. The van der Waals surface area contributed by atoms with Gasteiger partial charge in [0.2, 0.25) is 0 Å². The minimum atomic E-state index is -1.82. The average molecular weight is 875 g/mol. The molecule has 18 unspecified atom stereocenters. The summed E-state index contributed by atoms with van der Waals surface area (Å²) in [5.41, 5.74) is 0.188. The number of ether oxygens (including phenoxy) is 10. The smallest absolute Gasteiger partial charge is 0.316 e. The second kappa shape index (κ2) is 19.8. The molecule has 14 nitrogen and oxygen atoms in total. The summed E-state index contributed by atoms with van der Waals surface area (Å²) in [5, 5.41) is 34.2. The molecule has 7 rings (SSSR count). The first kappa shape index (κ1) is 47.9. The van der Waals surface area contributed by atoms with Gasteiger partial charge in [0.25, 0.3) is 0 Å². The predicted molar refractivity (Wildman–Crippen MR) is 227 cm³/mol. The van der Waals surface area contributed by atoms with Gasteiger partial charge in [-0.25, -0.2) is 0 Å². The van der Waals surface area contributed by atoms with E-state index in [1.807, 2.05) is 19.1 Å². The Balaban J connectivity index is 1.18. The molecule has 350 valence electrons. The number of methoxy groups -OCH3 is 2. The van der Waals surface area contributed by atoms with E-state index >= 15 is 0 Å². The molecule has 62 heavy (non-hydrogen) atoms. The second-order valence-electron chi connectivity index (χ2n) is 19.4. The van der Waals surface area contributed by atoms with Crippen molar-refractivity contribution in [2.24, 2.45) is 23.7 Å². The van der Waals surface area contributed by atoms with Crippen molar-refractivity contribution in [3.8, 4) is 0 Å². The van der Waals surface area contributed by atoms with Crippen molar-refractivity contribution >= 4 is 5.97 Å². The van der Waals surface area contributed by atoms with Gasteiger partial charge in [0.05, 0.1) is 49.3 Å². The monoisotopic (exact) mass is 875 g/mol. The highest BCUT2D eigenvalue weighted by atomic mass is 16.7. The number of hydrogen-bond donors (Lipinski definition) is 3. The minimum absolute atomic E-state index is 0.00708. The summed E-state index contributed by atoms with van der Waals surface area (Å²) >= 11 is 0. The van der Waals surface area contributed by atoms with Crippen LogP contribution in [0.4, 0.5) is 0 Å². The van der Waals surface area contributed by atoms with Gasteiger partial charge in [-0.3, -0.25) is 4.79 Å². The third-order valence-corrected chi connectivity index (χ3v) is 14.9. The van der Waals surface area contributed by atoms with Gasteiger partial charge in [-0.05, 0) is 69.1 Å². The zero-order valence-corrected chi connectivity index (χ0v) is 38.5.